The van der Waals surface area contributed by atoms with Crippen molar-refractivity contribution >= 4 is 34.5 Å². The molecule has 1 atom stereocenters. The Morgan fingerprint density at radius 1 is 1.26 bits per heavy atom. The van der Waals surface area contributed by atoms with E-state index in [-0.39, 0.29) is 35.0 Å². The minimum atomic E-state index is -0.958. The first-order chi connectivity index (χ1) is 16.6. The molecule has 1 aromatic heterocycles. The van der Waals surface area contributed by atoms with E-state index in [1.807, 2.05) is 13.0 Å². The summed E-state index contributed by atoms with van der Waals surface area (Å²) in [5.74, 6) is -0.267. The Hall–Kier alpha value is -1.70. The number of thiophene rings is 1. The number of aromatic carboxylic acids is 1. The summed E-state index contributed by atoms with van der Waals surface area (Å²) < 4.78 is 10.6. The number of methoxy groups -OCH3 is 1. The van der Waals surface area contributed by atoms with Crippen molar-refractivity contribution < 1.29 is 24.2 Å². The van der Waals surface area contributed by atoms with Crippen LogP contribution in [0.3, 0.4) is 0 Å². The van der Waals surface area contributed by atoms with Crippen LogP contribution in [-0.2, 0) is 14.3 Å². The van der Waals surface area contributed by atoms with Crippen LogP contribution in [0.4, 0.5) is 5.69 Å². The Morgan fingerprint density at radius 3 is 2.57 bits per heavy atom. The molecular formula is C28H43NO5S. The summed E-state index contributed by atoms with van der Waals surface area (Å²) in [5, 5.41) is 10.1. The van der Waals surface area contributed by atoms with E-state index >= 15 is 0 Å². The third-order valence-corrected chi connectivity index (χ3v) is 8.77. The van der Waals surface area contributed by atoms with E-state index in [2.05, 4.69) is 26.8 Å². The molecule has 1 aromatic rings. The van der Waals surface area contributed by atoms with Crippen LogP contribution in [0.1, 0.15) is 100 Å². The molecule has 0 radical (unpaired) electrons. The largest absolute Gasteiger partial charge is 0.477 e. The standard InChI is InChI=1S/C28H43NO5S/c1-19-8-10-22(11-9-19)26(30)29(16-6-7-20(2)34-18-33-5)23-17-24(35-25(23)27(31)32)21-12-14-28(3,4)15-13-21/h12,17,19-20,22H,6-11,13-16,18H2,1-5H3,(H,31,32). The molecule has 2 aliphatic rings. The van der Waals surface area contributed by atoms with E-state index in [0.717, 1.165) is 62.7 Å². The van der Waals surface area contributed by atoms with Gasteiger partial charge in [-0.2, -0.15) is 0 Å². The van der Waals surface area contributed by atoms with Crippen LogP contribution in [0.15, 0.2) is 12.1 Å². The zero-order valence-corrected chi connectivity index (χ0v) is 22.9. The van der Waals surface area contributed by atoms with Crippen molar-refractivity contribution in [3.63, 3.8) is 0 Å². The molecule has 2 aliphatic carbocycles. The van der Waals surface area contributed by atoms with Gasteiger partial charge in [-0.1, -0.05) is 26.8 Å². The van der Waals surface area contributed by atoms with Gasteiger partial charge in [0.05, 0.1) is 11.8 Å². The van der Waals surface area contributed by atoms with Crippen molar-refractivity contribution in [1.29, 1.82) is 0 Å². The average Bonchev–Trinajstić information content (AvgIpc) is 3.26. The Balaban J connectivity index is 1.86. The molecule has 1 heterocycles. The van der Waals surface area contributed by atoms with Gasteiger partial charge < -0.3 is 19.5 Å². The van der Waals surface area contributed by atoms with Crippen LogP contribution in [0.2, 0.25) is 0 Å². The Labute approximate surface area is 214 Å². The Kier molecular flexibility index (Phi) is 9.96. The van der Waals surface area contributed by atoms with Crippen LogP contribution in [0, 0.1) is 17.3 Å². The average molecular weight is 506 g/mol. The molecule has 1 amide bonds. The highest BCUT2D eigenvalue weighted by Crippen LogP contribution is 2.43. The molecule has 6 nitrogen and oxygen atoms in total. The molecule has 0 aromatic carbocycles. The van der Waals surface area contributed by atoms with Gasteiger partial charge in [0.1, 0.15) is 11.7 Å². The maximum absolute atomic E-state index is 13.8. The van der Waals surface area contributed by atoms with Gasteiger partial charge in [0.15, 0.2) is 0 Å². The van der Waals surface area contributed by atoms with Crippen molar-refractivity contribution in [2.24, 2.45) is 17.3 Å². The lowest BCUT2D eigenvalue weighted by Crippen LogP contribution is -2.39. The van der Waals surface area contributed by atoms with Gasteiger partial charge in [0.25, 0.3) is 0 Å². The fourth-order valence-electron chi connectivity index (χ4n) is 5.08. The van der Waals surface area contributed by atoms with Crippen LogP contribution >= 0.6 is 11.3 Å². The molecule has 35 heavy (non-hydrogen) atoms. The molecular weight excluding hydrogens is 462 g/mol. The summed E-state index contributed by atoms with van der Waals surface area (Å²) in [5.41, 5.74) is 2.06. The topological polar surface area (TPSA) is 76.1 Å². The number of carboxylic acids is 1. The van der Waals surface area contributed by atoms with E-state index in [1.54, 1.807) is 12.0 Å². The van der Waals surface area contributed by atoms with Crippen LogP contribution in [-0.4, -0.2) is 43.5 Å². The number of carboxylic acid groups (broad SMARTS) is 1. The first-order valence-corrected chi connectivity index (χ1v) is 13.9. The highest BCUT2D eigenvalue weighted by Gasteiger charge is 2.33. The van der Waals surface area contributed by atoms with E-state index in [0.29, 0.717) is 18.2 Å². The molecule has 0 saturated heterocycles. The van der Waals surface area contributed by atoms with Gasteiger partial charge in [-0.05, 0) is 87.7 Å². The SMILES string of the molecule is COCOC(C)CCCN(C(=O)C1CCC(C)CC1)c1cc(C2=CCC(C)(C)CC2)sc1C(=O)O. The molecule has 0 bridgehead atoms. The smallest absolute Gasteiger partial charge is 0.348 e. The first-order valence-electron chi connectivity index (χ1n) is 13.1. The van der Waals surface area contributed by atoms with Crippen molar-refractivity contribution in [3.8, 4) is 0 Å². The van der Waals surface area contributed by atoms with Gasteiger partial charge in [-0.3, -0.25) is 4.79 Å². The minimum Gasteiger partial charge on any atom is -0.477 e. The van der Waals surface area contributed by atoms with E-state index in [1.165, 1.54) is 16.9 Å². The summed E-state index contributed by atoms with van der Waals surface area (Å²) in [6, 6.07) is 1.96. The lowest BCUT2D eigenvalue weighted by Gasteiger charge is -2.31. The number of ether oxygens (including phenoxy) is 2. The molecule has 1 unspecified atom stereocenters. The summed E-state index contributed by atoms with van der Waals surface area (Å²) in [7, 11) is 1.60. The minimum absolute atomic E-state index is 0.00941. The zero-order valence-electron chi connectivity index (χ0n) is 22.1. The number of nitrogens with zero attached hydrogens (tertiary/aromatic N) is 1. The zero-order chi connectivity index (χ0) is 25.6. The highest BCUT2D eigenvalue weighted by molar-refractivity contribution is 7.15. The number of rotatable bonds is 11. The van der Waals surface area contributed by atoms with E-state index in [4.69, 9.17) is 9.47 Å². The third kappa shape index (κ3) is 7.64. The number of carbonyl (C=O) groups is 2. The highest BCUT2D eigenvalue weighted by atomic mass is 32.1. The van der Waals surface area contributed by atoms with Crippen molar-refractivity contribution in [2.45, 2.75) is 91.6 Å². The Morgan fingerprint density at radius 2 is 1.97 bits per heavy atom. The molecule has 1 N–H and O–H groups in total. The molecule has 1 fully saturated rings. The van der Waals surface area contributed by atoms with Crippen molar-refractivity contribution in [1.82, 2.24) is 0 Å². The maximum atomic E-state index is 13.8. The predicted molar refractivity (Wildman–Crippen MR) is 142 cm³/mol. The molecule has 0 aliphatic heterocycles. The van der Waals surface area contributed by atoms with Gasteiger partial charge in [-0.25, -0.2) is 4.79 Å². The molecule has 3 rings (SSSR count). The summed E-state index contributed by atoms with van der Waals surface area (Å²) in [4.78, 5) is 29.1. The molecule has 1 saturated carbocycles. The van der Waals surface area contributed by atoms with Crippen molar-refractivity contribution in [3.05, 3.63) is 21.9 Å². The number of hydrogen-bond donors (Lipinski definition) is 1. The summed E-state index contributed by atoms with van der Waals surface area (Å²) in [6.07, 6.45) is 10.6. The van der Waals surface area contributed by atoms with Crippen molar-refractivity contribution in [2.75, 3.05) is 25.3 Å². The first kappa shape index (κ1) is 27.9. The Bertz CT molecular complexity index is 897. The second kappa shape index (κ2) is 12.5. The van der Waals surface area contributed by atoms with Gasteiger partial charge in [0.2, 0.25) is 5.91 Å². The second-order valence-corrected chi connectivity index (χ2v) is 12.3. The van der Waals surface area contributed by atoms with Crippen LogP contribution in [0.5, 0.6) is 0 Å². The normalized spacial score (nSPS) is 22.9. The van der Waals surface area contributed by atoms with Gasteiger partial charge in [-0.15, -0.1) is 11.3 Å². The summed E-state index contributed by atoms with van der Waals surface area (Å²) in [6.45, 7) is 9.52. The quantitative estimate of drug-likeness (QED) is 0.328. The third-order valence-electron chi connectivity index (χ3n) is 7.58. The number of anilines is 1. The van der Waals surface area contributed by atoms with E-state index in [9.17, 15) is 14.7 Å². The fraction of sp³-hybridized carbons (Fsp3) is 0.714. The number of amides is 1. The molecule has 196 valence electrons. The molecule has 7 heteroatoms. The summed E-state index contributed by atoms with van der Waals surface area (Å²) >= 11 is 1.31. The monoisotopic (exact) mass is 505 g/mol. The lowest BCUT2D eigenvalue weighted by atomic mass is 9.78. The maximum Gasteiger partial charge on any atom is 0.348 e. The predicted octanol–water partition coefficient (Wildman–Crippen LogP) is 6.99. The van der Waals surface area contributed by atoms with E-state index < -0.39 is 5.97 Å². The van der Waals surface area contributed by atoms with Crippen LogP contribution < -0.4 is 4.90 Å². The number of allylic oxidation sites excluding steroid dienone is 2. The van der Waals surface area contributed by atoms with Crippen LogP contribution in [0.25, 0.3) is 5.57 Å². The number of carbonyl (C=O) groups excluding carboxylic acids is 1. The van der Waals surface area contributed by atoms with Gasteiger partial charge >= 0.3 is 5.97 Å². The van der Waals surface area contributed by atoms with Gasteiger partial charge in [0, 0.05) is 24.4 Å². The lowest BCUT2D eigenvalue weighted by molar-refractivity contribution is -0.123. The number of hydrogen-bond acceptors (Lipinski definition) is 5. The molecule has 0 spiro atoms. The second-order valence-electron chi connectivity index (χ2n) is 11.2. The fourth-order valence-corrected chi connectivity index (χ4v) is 6.14.